The second-order valence-electron chi connectivity index (χ2n) is 6.60. The Morgan fingerprint density at radius 1 is 1.30 bits per heavy atom. The summed E-state index contributed by atoms with van der Waals surface area (Å²) in [7, 11) is 1.96. The summed E-state index contributed by atoms with van der Waals surface area (Å²) in [6, 6.07) is 7.97. The van der Waals surface area contributed by atoms with E-state index in [9.17, 15) is 4.79 Å². The van der Waals surface area contributed by atoms with Gasteiger partial charge in [0.15, 0.2) is 0 Å². The van der Waals surface area contributed by atoms with Crippen LogP contribution in [0.2, 0.25) is 0 Å². The fraction of sp³-hybridized carbons (Fsp3) is 0.526. The van der Waals surface area contributed by atoms with E-state index in [1.54, 1.807) is 0 Å². The van der Waals surface area contributed by atoms with Crippen molar-refractivity contribution in [3.63, 3.8) is 0 Å². The number of rotatable bonds is 5. The Bertz CT molecular complexity index is 677. The van der Waals surface area contributed by atoms with E-state index in [-0.39, 0.29) is 5.91 Å². The number of amides is 1. The summed E-state index contributed by atoms with van der Waals surface area (Å²) in [5, 5.41) is 3.98. The van der Waals surface area contributed by atoms with Crippen LogP contribution in [0.25, 0.3) is 10.9 Å². The van der Waals surface area contributed by atoms with Crippen LogP contribution >= 0.6 is 0 Å². The van der Waals surface area contributed by atoms with Gasteiger partial charge < -0.3 is 14.6 Å². The second-order valence-corrected chi connectivity index (χ2v) is 6.60. The Labute approximate surface area is 137 Å². The molecule has 1 amide bonds. The maximum Gasteiger partial charge on any atom is 0.253 e. The first kappa shape index (κ1) is 16.1. The molecule has 1 aromatic heterocycles. The molecule has 0 radical (unpaired) electrons. The average molecular weight is 314 g/mol. The predicted octanol–water partition coefficient (Wildman–Crippen LogP) is 3.50. The van der Waals surface area contributed by atoms with Crippen molar-refractivity contribution in [1.82, 2.24) is 9.88 Å². The number of carbonyl (C=O) groups is 1. The Kier molecular flexibility index (Phi) is 5.01. The molecule has 1 aliphatic rings. The summed E-state index contributed by atoms with van der Waals surface area (Å²) < 4.78 is 7.94. The van der Waals surface area contributed by atoms with Crippen molar-refractivity contribution in [2.45, 2.75) is 38.7 Å². The molecule has 0 unspecified atom stereocenters. The van der Waals surface area contributed by atoms with E-state index >= 15 is 0 Å². The number of nitrogens with zero attached hydrogens (tertiary/aromatic N) is 1. The molecule has 1 fully saturated rings. The number of para-hydroxylation sites is 1. The molecular formula is C19H26N2O2. The van der Waals surface area contributed by atoms with Crippen LogP contribution in [0.4, 0.5) is 0 Å². The van der Waals surface area contributed by atoms with Gasteiger partial charge in [-0.3, -0.25) is 4.79 Å². The molecule has 23 heavy (non-hydrogen) atoms. The van der Waals surface area contributed by atoms with Crippen LogP contribution in [0.15, 0.2) is 30.5 Å². The van der Waals surface area contributed by atoms with Crippen LogP contribution < -0.4 is 5.32 Å². The van der Waals surface area contributed by atoms with Crippen molar-refractivity contribution in [2.24, 2.45) is 13.0 Å². The SMILES string of the molecule is C[C@H]1CCCC[C@H]1OCCNC(=O)c1cn(C)c2ccccc12. The number of aromatic nitrogens is 1. The highest BCUT2D eigenvalue weighted by Crippen LogP contribution is 2.26. The number of ether oxygens (including phenoxy) is 1. The molecule has 124 valence electrons. The van der Waals surface area contributed by atoms with Crippen LogP contribution in [-0.4, -0.2) is 29.7 Å². The second kappa shape index (κ2) is 7.18. The number of nitrogens with one attached hydrogen (secondary N) is 1. The number of hydrogen-bond acceptors (Lipinski definition) is 2. The molecule has 1 aromatic carbocycles. The van der Waals surface area contributed by atoms with Crippen molar-refractivity contribution in [2.75, 3.05) is 13.2 Å². The van der Waals surface area contributed by atoms with E-state index in [1.165, 1.54) is 19.3 Å². The maximum absolute atomic E-state index is 12.4. The van der Waals surface area contributed by atoms with Crippen LogP contribution in [0.3, 0.4) is 0 Å². The minimum absolute atomic E-state index is 0.0258. The highest BCUT2D eigenvalue weighted by atomic mass is 16.5. The molecule has 1 N–H and O–H groups in total. The lowest BCUT2D eigenvalue weighted by Gasteiger charge is -2.28. The summed E-state index contributed by atoms with van der Waals surface area (Å²) in [6.45, 7) is 3.41. The predicted molar refractivity (Wildman–Crippen MR) is 92.6 cm³/mol. The molecule has 0 aliphatic heterocycles. The van der Waals surface area contributed by atoms with Gasteiger partial charge in [0, 0.05) is 30.7 Å². The molecular weight excluding hydrogens is 288 g/mol. The first-order valence-electron chi connectivity index (χ1n) is 8.60. The molecule has 1 aliphatic carbocycles. The minimum atomic E-state index is -0.0258. The van der Waals surface area contributed by atoms with E-state index < -0.39 is 0 Å². The Balaban J connectivity index is 1.53. The first-order valence-corrected chi connectivity index (χ1v) is 8.60. The largest absolute Gasteiger partial charge is 0.376 e. The van der Waals surface area contributed by atoms with Gasteiger partial charge >= 0.3 is 0 Å². The summed E-state index contributed by atoms with van der Waals surface area (Å²) >= 11 is 0. The topological polar surface area (TPSA) is 43.3 Å². The molecule has 0 saturated heterocycles. The van der Waals surface area contributed by atoms with Crippen LogP contribution in [-0.2, 0) is 11.8 Å². The molecule has 0 spiro atoms. The highest BCUT2D eigenvalue weighted by Gasteiger charge is 2.21. The molecule has 1 saturated carbocycles. The Hall–Kier alpha value is -1.81. The molecule has 3 rings (SSSR count). The van der Waals surface area contributed by atoms with E-state index in [1.807, 2.05) is 42.1 Å². The van der Waals surface area contributed by atoms with Gasteiger partial charge in [-0.05, 0) is 24.8 Å². The summed E-state index contributed by atoms with van der Waals surface area (Å²) in [5.41, 5.74) is 1.80. The van der Waals surface area contributed by atoms with Crippen LogP contribution in [0.5, 0.6) is 0 Å². The molecule has 4 heteroatoms. The number of hydrogen-bond donors (Lipinski definition) is 1. The minimum Gasteiger partial charge on any atom is -0.376 e. The maximum atomic E-state index is 12.4. The van der Waals surface area contributed by atoms with E-state index in [4.69, 9.17) is 4.74 Å². The fourth-order valence-corrected chi connectivity index (χ4v) is 3.52. The zero-order valence-electron chi connectivity index (χ0n) is 14.0. The third-order valence-electron chi connectivity index (χ3n) is 4.89. The Morgan fingerprint density at radius 2 is 2.09 bits per heavy atom. The summed E-state index contributed by atoms with van der Waals surface area (Å²) in [5.74, 6) is 0.611. The zero-order valence-corrected chi connectivity index (χ0v) is 14.0. The smallest absolute Gasteiger partial charge is 0.253 e. The monoisotopic (exact) mass is 314 g/mol. The molecule has 0 bridgehead atoms. The van der Waals surface area contributed by atoms with Crippen molar-refractivity contribution < 1.29 is 9.53 Å². The fourth-order valence-electron chi connectivity index (χ4n) is 3.52. The third-order valence-corrected chi connectivity index (χ3v) is 4.89. The number of aryl methyl sites for hydroxylation is 1. The van der Waals surface area contributed by atoms with Crippen molar-refractivity contribution in [1.29, 1.82) is 0 Å². The van der Waals surface area contributed by atoms with Gasteiger partial charge in [0.25, 0.3) is 5.91 Å². The summed E-state index contributed by atoms with van der Waals surface area (Å²) in [6.07, 6.45) is 7.24. The summed E-state index contributed by atoms with van der Waals surface area (Å²) in [4.78, 5) is 12.4. The lowest BCUT2D eigenvalue weighted by Crippen LogP contribution is -2.31. The van der Waals surface area contributed by atoms with Crippen LogP contribution in [0.1, 0.15) is 43.0 Å². The third kappa shape index (κ3) is 3.58. The lowest BCUT2D eigenvalue weighted by molar-refractivity contribution is -0.00293. The van der Waals surface area contributed by atoms with Gasteiger partial charge in [-0.1, -0.05) is 38.0 Å². The van der Waals surface area contributed by atoms with Gasteiger partial charge in [0.2, 0.25) is 0 Å². The van der Waals surface area contributed by atoms with Gasteiger partial charge in [-0.2, -0.15) is 0 Å². The standard InChI is InChI=1S/C19H26N2O2/c1-14-7-3-6-10-18(14)23-12-11-20-19(22)16-13-21(2)17-9-5-4-8-15(16)17/h4-5,8-9,13-14,18H,3,6-7,10-12H2,1-2H3,(H,20,22)/t14-,18+/m0/s1. The van der Waals surface area contributed by atoms with E-state index in [0.717, 1.165) is 22.9 Å². The first-order chi connectivity index (χ1) is 11.2. The average Bonchev–Trinajstić information content (AvgIpc) is 2.90. The van der Waals surface area contributed by atoms with Gasteiger partial charge in [0.05, 0.1) is 18.3 Å². The number of benzene rings is 1. The molecule has 1 heterocycles. The number of fused-ring (bicyclic) bond motifs is 1. The highest BCUT2D eigenvalue weighted by molar-refractivity contribution is 6.06. The molecule has 2 atom stereocenters. The lowest BCUT2D eigenvalue weighted by atomic mass is 9.88. The van der Waals surface area contributed by atoms with Gasteiger partial charge in [-0.25, -0.2) is 0 Å². The van der Waals surface area contributed by atoms with E-state index in [2.05, 4.69) is 12.2 Å². The van der Waals surface area contributed by atoms with Gasteiger partial charge in [-0.15, -0.1) is 0 Å². The van der Waals surface area contributed by atoms with Crippen molar-refractivity contribution >= 4 is 16.8 Å². The van der Waals surface area contributed by atoms with Crippen LogP contribution in [0, 0.1) is 5.92 Å². The van der Waals surface area contributed by atoms with Crippen molar-refractivity contribution in [3.05, 3.63) is 36.0 Å². The normalized spacial score (nSPS) is 21.5. The van der Waals surface area contributed by atoms with Gasteiger partial charge in [0.1, 0.15) is 0 Å². The molecule has 4 nitrogen and oxygen atoms in total. The quantitative estimate of drug-likeness (QED) is 0.858. The number of carbonyl (C=O) groups excluding carboxylic acids is 1. The zero-order chi connectivity index (χ0) is 16.2. The van der Waals surface area contributed by atoms with Crippen molar-refractivity contribution in [3.8, 4) is 0 Å². The Morgan fingerprint density at radius 3 is 2.91 bits per heavy atom. The van der Waals surface area contributed by atoms with E-state index in [0.29, 0.717) is 25.2 Å². The molecule has 2 aromatic rings.